The lowest BCUT2D eigenvalue weighted by Crippen LogP contribution is -2.43. The predicted molar refractivity (Wildman–Crippen MR) is 81.0 cm³/mol. The lowest BCUT2D eigenvalue weighted by Gasteiger charge is -2.21. The van der Waals surface area contributed by atoms with Crippen LogP contribution in [0.25, 0.3) is 0 Å². The summed E-state index contributed by atoms with van der Waals surface area (Å²) in [6, 6.07) is 6.17. The highest BCUT2D eigenvalue weighted by molar-refractivity contribution is 9.10. The molecule has 0 aromatic heterocycles. The Morgan fingerprint density at radius 2 is 2.11 bits per heavy atom. The van der Waals surface area contributed by atoms with Crippen LogP contribution in [-0.4, -0.2) is 29.9 Å². The number of aryl methyl sites for hydroxylation is 1. The molecule has 3 nitrogen and oxygen atoms in total. The average Bonchev–Trinajstić information content (AvgIpc) is 2.93. The van der Waals surface area contributed by atoms with Crippen molar-refractivity contribution in [3.63, 3.8) is 0 Å². The van der Waals surface area contributed by atoms with E-state index >= 15 is 0 Å². The third-order valence-corrected chi connectivity index (χ3v) is 4.51. The molecule has 19 heavy (non-hydrogen) atoms. The number of hydrogen-bond acceptors (Lipinski definition) is 2. The van der Waals surface area contributed by atoms with Crippen molar-refractivity contribution in [3.8, 4) is 0 Å². The minimum absolute atomic E-state index is 0.109. The molecule has 1 aromatic carbocycles. The van der Waals surface area contributed by atoms with Gasteiger partial charge in [0.2, 0.25) is 5.91 Å². The Morgan fingerprint density at radius 1 is 1.42 bits per heavy atom. The van der Waals surface area contributed by atoms with Crippen LogP contribution in [0.1, 0.15) is 30.9 Å². The van der Waals surface area contributed by atoms with Gasteiger partial charge in [0.15, 0.2) is 0 Å². The second-order valence-corrected chi connectivity index (χ2v) is 6.07. The molecular weight excluding hydrogens is 304 g/mol. The van der Waals surface area contributed by atoms with E-state index in [0.29, 0.717) is 0 Å². The summed E-state index contributed by atoms with van der Waals surface area (Å²) in [5, 5.41) is 3.32. The molecule has 0 aliphatic carbocycles. The van der Waals surface area contributed by atoms with E-state index in [9.17, 15) is 4.79 Å². The van der Waals surface area contributed by atoms with Crippen molar-refractivity contribution in [2.45, 2.75) is 39.3 Å². The van der Waals surface area contributed by atoms with Crippen LogP contribution in [0.5, 0.6) is 0 Å². The summed E-state index contributed by atoms with van der Waals surface area (Å²) in [6.45, 7) is 6.60. The summed E-state index contributed by atoms with van der Waals surface area (Å²) in [6.07, 6.45) is 2.29. The number of amides is 1. The molecule has 0 bridgehead atoms. The molecule has 104 valence electrons. The van der Waals surface area contributed by atoms with E-state index in [2.05, 4.69) is 46.4 Å². The Bertz CT molecular complexity index is 455. The number of carbonyl (C=O) groups is 1. The minimum atomic E-state index is -0.109. The Kier molecular flexibility index (Phi) is 4.99. The topological polar surface area (TPSA) is 32.3 Å². The molecule has 1 aromatic rings. The lowest BCUT2D eigenvalue weighted by atomic mass is 10.1. The van der Waals surface area contributed by atoms with Crippen LogP contribution in [0.2, 0.25) is 0 Å². The Hall–Kier alpha value is -0.870. The van der Waals surface area contributed by atoms with Gasteiger partial charge in [-0.3, -0.25) is 4.79 Å². The van der Waals surface area contributed by atoms with Crippen LogP contribution < -0.4 is 5.32 Å². The number of hydrogen-bond donors (Lipinski definition) is 1. The molecule has 1 saturated heterocycles. The van der Waals surface area contributed by atoms with Crippen molar-refractivity contribution in [3.05, 3.63) is 33.8 Å². The Morgan fingerprint density at radius 3 is 2.74 bits per heavy atom. The van der Waals surface area contributed by atoms with Crippen LogP contribution in [0.4, 0.5) is 0 Å². The van der Waals surface area contributed by atoms with Crippen molar-refractivity contribution in [1.82, 2.24) is 10.2 Å². The van der Waals surface area contributed by atoms with E-state index < -0.39 is 0 Å². The fourth-order valence-electron chi connectivity index (χ4n) is 2.39. The van der Waals surface area contributed by atoms with Crippen molar-refractivity contribution < 1.29 is 4.79 Å². The molecule has 1 aliphatic rings. The fourth-order valence-corrected chi connectivity index (χ4v) is 2.63. The van der Waals surface area contributed by atoms with Gasteiger partial charge in [-0.2, -0.15) is 0 Å². The SMILES string of the molecule is Cc1cc(CNC(C)C(=O)N2CCCC2)ccc1Br. The van der Waals surface area contributed by atoms with E-state index in [4.69, 9.17) is 0 Å². The van der Waals surface area contributed by atoms with Gasteiger partial charge in [-0.1, -0.05) is 28.1 Å². The highest BCUT2D eigenvalue weighted by Crippen LogP contribution is 2.17. The van der Waals surface area contributed by atoms with E-state index in [1.807, 2.05) is 11.8 Å². The first-order valence-corrected chi connectivity index (χ1v) is 7.64. The first kappa shape index (κ1) is 14.5. The Labute approximate surface area is 123 Å². The summed E-state index contributed by atoms with van der Waals surface area (Å²) in [4.78, 5) is 14.1. The third kappa shape index (κ3) is 3.80. The van der Waals surface area contributed by atoms with Crippen LogP contribution in [-0.2, 0) is 11.3 Å². The smallest absolute Gasteiger partial charge is 0.239 e. The normalized spacial score (nSPS) is 16.7. The number of rotatable bonds is 4. The molecule has 1 amide bonds. The average molecular weight is 325 g/mol. The second kappa shape index (κ2) is 6.53. The molecule has 1 aliphatic heterocycles. The standard InChI is InChI=1S/C15H21BrN2O/c1-11-9-13(5-6-14(11)16)10-17-12(2)15(19)18-7-3-4-8-18/h5-6,9,12,17H,3-4,7-8,10H2,1-2H3. The van der Waals surface area contributed by atoms with Crippen molar-refractivity contribution in [2.24, 2.45) is 0 Å². The summed E-state index contributed by atoms with van der Waals surface area (Å²) in [5.41, 5.74) is 2.43. The predicted octanol–water partition coefficient (Wildman–Crippen LogP) is 2.86. The second-order valence-electron chi connectivity index (χ2n) is 5.22. The molecule has 0 spiro atoms. The Balaban J connectivity index is 1.87. The van der Waals surface area contributed by atoms with Gasteiger partial charge in [0, 0.05) is 24.1 Å². The first-order chi connectivity index (χ1) is 9.08. The van der Waals surface area contributed by atoms with Gasteiger partial charge in [0.1, 0.15) is 0 Å². The van der Waals surface area contributed by atoms with Gasteiger partial charge in [0.05, 0.1) is 6.04 Å². The van der Waals surface area contributed by atoms with Crippen molar-refractivity contribution in [2.75, 3.05) is 13.1 Å². The van der Waals surface area contributed by atoms with E-state index in [1.54, 1.807) is 0 Å². The molecule has 1 atom stereocenters. The van der Waals surface area contributed by atoms with Gasteiger partial charge in [0.25, 0.3) is 0 Å². The number of halogens is 1. The zero-order chi connectivity index (χ0) is 13.8. The highest BCUT2D eigenvalue weighted by Gasteiger charge is 2.22. The maximum absolute atomic E-state index is 12.1. The number of carbonyl (C=O) groups excluding carboxylic acids is 1. The molecule has 4 heteroatoms. The van der Waals surface area contributed by atoms with E-state index in [-0.39, 0.29) is 11.9 Å². The molecular formula is C15H21BrN2O. The molecule has 1 N–H and O–H groups in total. The van der Waals surface area contributed by atoms with Crippen LogP contribution in [0, 0.1) is 6.92 Å². The van der Waals surface area contributed by atoms with E-state index in [0.717, 1.165) is 36.9 Å². The number of benzene rings is 1. The highest BCUT2D eigenvalue weighted by atomic mass is 79.9. The lowest BCUT2D eigenvalue weighted by molar-refractivity contribution is -0.131. The van der Waals surface area contributed by atoms with Gasteiger partial charge in [-0.25, -0.2) is 0 Å². The van der Waals surface area contributed by atoms with Gasteiger partial charge in [-0.15, -0.1) is 0 Å². The van der Waals surface area contributed by atoms with Gasteiger partial charge in [-0.05, 0) is 43.9 Å². The summed E-state index contributed by atoms with van der Waals surface area (Å²) in [5.74, 6) is 0.228. The fraction of sp³-hybridized carbons (Fsp3) is 0.533. The number of nitrogens with zero attached hydrogens (tertiary/aromatic N) is 1. The molecule has 2 rings (SSSR count). The molecule has 0 saturated carbocycles. The van der Waals surface area contributed by atoms with Crippen molar-refractivity contribution in [1.29, 1.82) is 0 Å². The number of nitrogens with one attached hydrogen (secondary N) is 1. The molecule has 1 fully saturated rings. The third-order valence-electron chi connectivity index (χ3n) is 3.62. The van der Waals surface area contributed by atoms with Crippen LogP contribution >= 0.6 is 15.9 Å². The zero-order valence-electron chi connectivity index (χ0n) is 11.6. The quantitative estimate of drug-likeness (QED) is 0.923. The van der Waals surface area contributed by atoms with Gasteiger partial charge < -0.3 is 10.2 Å². The summed E-state index contributed by atoms with van der Waals surface area (Å²) in [7, 11) is 0. The summed E-state index contributed by atoms with van der Waals surface area (Å²) < 4.78 is 1.12. The maximum Gasteiger partial charge on any atom is 0.239 e. The maximum atomic E-state index is 12.1. The van der Waals surface area contributed by atoms with Crippen LogP contribution in [0.3, 0.4) is 0 Å². The molecule has 1 heterocycles. The zero-order valence-corrected chi connectivity index (χ0v) is 13.2. The monoisotopic (exact) mass is 324 g/mol. The summed E-state index contributed by atoms with van der Waals surface area (Å²) >= 11 is 3.50. The molecule has 1 unspecified atom stereocenters. The number of likely N-dealkylation sites (tertiary alicyclic amines) is 1. The van der Waals surface area contributed by atoms with Gasteiger partial charge >= 0.3 is 0 Å². The first-order valence-electron chi connectivity index (χ1n) is 6.85. The van der Waals surface area contributed by atoms with Crippen molar-refractivity contribution >= 4 is 21.8 Å². The van der Waals surface area contributed by atoms with E-state index in [1.165, 1.54) is 11.1 Å². The van der Waals surface area contributed by atoms with Crippen LogP contribution in [0.15, 0.2) is 22.7 Å². The largest absolute Gasteiger partial charge is 0.341 e. The minimum Gasteiger partial charge on any atom is -0.341 e. The molecule has 0 radical (unpaired) electrons.